The summed E-state index contributed by atoms with van der Waals surface area (Å²) in [5, 5.41) is 8.63. The van der Waals surface area contributed by atoms with Gasteiger partial charge in [0.1, 0.15) is 10.7 Å². The van der Waals surface area contributed by atoms with Crippen LogP contribution in [0.5, 0.6) is 0 Å². The van der Waals surface area contributed by atoms with E-state index in [1.54, 1.807) is 11.3 Å². The molecule has 0 fully saturated rings. The van der Waals surface area contributed by atoms with Gasteiger partial charge in [0.2, 0.25) is 0 Å². The molecule has 8 heteroatoms. The average molecular weight is 375 g/mol. The Hall–Kier alpha value is -1.12. The molecule has 0 radical (unpaired) electrons. The number of rotatable bonds is 5. The number of nitrogen functional groups attached to an aromatic ring is 1. The molecule has 0 aliphatic carbocycles. The second kappa shape index (κ2) is 6.55. The molecule has 20 heavy (non-hydrogen) atoms. The van der Waals surface area contributed by atoms with Crippen molar-refractivity contribution in [1.29, 1.82) is 0 Å². The van der Waals surface area contributed by atoms with E-state index in [4.69, 9.17) is 5.73 Å². The summed E-state index contributed by atoms with van der Waals surface area (Å²) >= 11 is 6.29. The summed E-state index contributed by atoms with van der Waals surface area (Å²) in [7, 11) is 0. The first-order chi connectivity index (χ1) is 9.47. The van der Waals surface area contributed by atoms with Crippen LogP contribution < -0.4 is 16.4 Å². The van der Waals surface area contributed by atoms with Crippen molar-refractivity contribution < 1.29 is 4.79 Å². The minimum Gasteiger partial charge on any atom is -0.382 e. The molecule has 2 rings (SSSR count). The number of aromatic nitrogens is 1. The first kappa shape index (κ1) is 15.3. The van der Waals surface area contributed by atoms with Crippen molar-refractivity contribution in [3.8, 4) is 0 Å². The number of hydrogen-bond donors (Lipinski definition) is 3. The molecular weight excluding hydrogens is 360 g/mol. The molecule has 0 saturated carbocycles. The van der Waals surface area contributed by atoms with E-state index in [-0.39, 0.29) is 17.8 Å². The lowest BCUT2D eigenvalue weighted by Crippen LogP contribution is -2.22. The highest BCUT2D eigenvalue weighted by Crippen LogP contribution is 2.26. The summed E-state index contributed by atoms with van der Waals surface area (Å²) < 4.78 is 1.00. The number of nitrogens with one attached hydrogen (secondary N) is 2. The van der Waals surface area contributed by atoms with Gasteiger partial charge in [0, 0.05) is 15.4 Å². The maximum Gasteiger partial charge on any atom is 0.265 e. The molecule has 0 unspecified atom stereocenters. The lowest BCUT2D eigenvalue weighted by molar-refractivity contribution is 0.0956. The number of carbonyl (C=O) groups excluding carboxylic acids is 1. The molecule has 0 bridgehead atoms. The number of thiophene rings is 1. The Morgan fingerprint density at radius 1 is 1.55 bits per heavy atom. The van der Waals surface area contributed by atoms with Crippen LogP contribution in [0, 0.1) is 0 Å². The third kappa shape index (κ3) is 3.71. The number of hydrogen-bond acceptors (Lipinski definition) is 6. The Balaban J connectivity index is 2.02. The molecule has 108 valence electrons. The van der Waals surface area contributed by atoms with Crippen LogP contribution in [0.1, 0.15) is 28.4 Å². The Morgan fingerprint density at radius 3 is 2.90 bits per heavy atom. The summed E-state index contributed by atoms with van der Waals surface area (Å²) in [6.07, 6.45) is 0. The maximum absolute atomic E-state index is 12.1. The Kier molecular flexibility index (Phi) is 5.00. The van der Waals surface area contributed by atoms with Gasteiger partial charge in [0.15, 0.2) is 5.13 Å². The highest BCUT2D eigenvalue weighted by molar-refractivity contribution is 9.10. The number of thiazole rings is 1. The van der Waals surface area contributed by atoms with Crippen LogP contribution in [-0.2, 0) is 6.54 Å². The summed E-state index contributed by atoms with van der Waals surface area (Å²) in [6.45, 7) is 4.48. The smallest absolute Gasteiger partial charge is 0.265 e. The molecule has 2 aromatic heterocycles. The average Bonchev–Trinajstić information content (AvgIpc) is 2.92. The molecule has 0 aliphatic rings. The van der Waals surface area contributed by atoms with Crippen LogP contribution >= 0.6 is 38.6 Å². The highest BCUT2D eigenvalue weighted by Gasteiger charge is 2.16. The van der Waals surface area contributed by atoms with E-state index in [9.17, 15) is 4.79 Å². The van der Waals surface area contributed by atoms with Gasteiger partial charge < -0.3 is 16.4 Å². The van der Waals surface area contributed by atoms with E-state index in [1.807, 2.05) is 25.3 Å². The monoisotopic (exact) mass is 374 g/mol. The SMILES string of the molecule is CC(C)Nc1nc(N)c(C(=O)NCc2sccc2Br)s1. The fourth-order valence-corrected chi connectivity index (χ4v) is 3.87. The molecule has 2 aromatic rings. The van der Waals surface area contributed by atoms with E-state index in [0.717, 1.165) is 9.35 Å². The van der Waals surface area contributed by atoms with Gasteiger partial charge in [-0.15, -0.1) is 11.3 Å². The Labute approximate surface area is 133 Å². The van der Waals surface area contributed by atoms with Crippen LogP contribution in [0.25, 0.3) is 0 Å². The van der Waals surface area contributed by atoms with E-state index < -0.39 is 0 Å². The normalized spacial score (nSPS) is 10.8. The molecule has 0 aromatic carbocycles. The van der Waals surface area contributed by atoms with Crippen molar-refractivity contribution in [3.05, 3.63) is 25.7 Å². The van der Waals surface area contributed by atoms with Crippen molar-refractivity contribution in [2.24, 2.45) is 0 Å². The van der Waals surface area contributed by atoms with Crippen molar-refractivity contribution in [2.45, 2.75) is 26.4 Å². The van der Waals surface area contributed by atoms with Gasteiger partial charge in [-0.3, -0.25) is 4.79 Å². The fourth-order valence-electron chi connectivity index (χ4n) is 1.50. The summed E-state index contributed by atoms with van der Waals surface area (Å²) in [6, 6.07) is 2.20. The number of anilines is 2. The van der Waals surface area contributed by atoms with Crippen molar-refractivity contribution in [2.75, 3.05) is 11.1 Å². The minimum atomic E-state index is -0.197. The van der Waals surface area contributed by atoms with Gasteiger partial charge >= 0.3 is 0 Å². The lowest BCUT2D eigenvalue weighted by Gasteiger charge is -2.04. The zero-order valence-corrected chi connectivity index (χ0v) is 14.3. The predicted octanol–water partition coefficient (Wildman–Crippen LogP) is 3.30. The molecular formula is C12H15BrN4OS2. The molecule has 4 N–H and O–H groups in total. The zero-order chi connectivity index (χ0) is 14.7. The topological polar surface area (TPSA) is 80.0 Å². The lowest BCUT2D eigenvalue weighted by atomic mass is 10.4. The van der Waals surface area contributed by atoms with Gasteiger partial charge in [-0.05, 0) is 41.2 Å². The van der Waals surface area contributed by atoms with Crippen LogP contribution in [0.3, 0.4) is 0 Å². The molecule has 0 atom stereocenters. The third-order valence-electron chi connectivity index (χ3n) is 2.37. The number of amides is 1. The van der Waals surface area contributed by atoms with Gasteiger partial charge in [-0.1, -0.05) is 11.3 Å². The number of nitrogens with zero attached hydrogens (tertiary/aromatic N) is 1. The van der Waals surface area contributed by atoms with Crippen LogP contribution in [0.4, 0.5) is 10.9 Å². The number of nitrogens with two attached hydrogens (primary N) is 1. The first-order valence-corrected chi connectivity index (χ1v) is 8.49. The first-order valence-electron chi connectivity index (χ1n) is 6.00. The van der Waals surface area contributed by atoms with Crippen molar-refractivity contribution in [3.63, 3.8) is 0 Å². The van der Waals surface area contributed by atoms with Crippen molar-refractivity contribution >= 4 is 55.5 Å². The molecule has 5 nitrogen and oxygen atoms in total. The molecule has 0 aliphatic heterocycles. The third-order valence-corrected chi connectivity index (χ3v) is 5.30. The van der Waals surface area contributed by atoms with E-state index in [0.29, 0.717) is 16.6 Å². The van der Waals surface area contributed by atoms with Crippen molar-refractivity contribution in [1.82, 2.24) is 10.3 Å². The molecule has 1 amide bonds. The fraction of sp³-hybridized carbons (Fsp3) is 0.333. The largest absolute Gasteiger partial charge is 0.382 e. The molecule has 0 spiro atoms. The Bertz CT molecular complexity index is 608. The second-order valence-electron chi connectivity index (χ2n) is 4.41. The minimum absolute atomic E-state index is 0.197. The van der Waals surface area contributed by atoms with E-state index in [1.165, 1.54) is 11.3 Å². The molecule has 2 heterocycles. The summed E-state index contributed by atoms with van der Waals surface area (Å²) in [5.41, 5.74) is 5.79. The quantitative estimate of drug-likeness (QED) is 0.749. The zero-order valence-electron chi connectivity index (χ0n) is 11.1. The maximum atomic E-state index is 12.1. The van der Waals surface area contributed by atoms with E-state index in [2.05, 4.69) is 31.5 Å². The van der Waals surface area contributed by atoms with Crippen LogP contribution in [0.2, 0.25) is 0 Å². The second-order valence-corrected chi connectivity index (χ2v) is 7.26. The summed E-state index contributed by atoms with van der Waals surface area (Å²) in [4.78, 5) is 17.8. The van der Waals surface area contributed by atoms with Gasteiger partial charge in [-0.2, -0.15) is 0 Å². The van der Waals surface area contributed by atoms with Gasteiger partial charge in [-0.25, -0.2) is 4.98 Å². The van der Waals surface area contributed by atoms with Crippen LogP contribution in [0.15, 0.2) is 15.9 Å². The number of halogens is 1. The standard InChI is InChI=1S/C12H15BrN4OS2/c1-6(2)16-12-17-10(14)9(20-12)11(18)15-5-8-7(13)3-4-19-8/h3-4,6H,5,14H2,1-2H3,(H,15,18)(H,16,17). The number of carbonyl (C=O) groups is 1. The van der Waals surface area contributed by atoms with Gasteiger partial charge in [0.25, 0.3) is 5.91 Å². The van der Waals surface area contributed by atoms with Gasteiger partial charge in [0.05, 0.1) is 6.54 Å². The predicted molar refractivity (Wildman–Crippen MR) is 88.5 cm³/mol. The van der Waals surface area contributed by atoms with E-state index >= 15 is 0 Å². The Morgan fingerprint density at radius 2 is 2.30 bits per heavy atom. The highest BCUT2D eigenvalue weighted by atomic mass is 79.9. The summed E-state index contributed by atoms with van der Waals surface area (Å²) in [5.74, 6) is 0.0676. The molecule has 0 saturated heterocycles. The van der Waals surface area contributed by atoms with Crippen LogP contribution in [-0.4, -0.2) is 16.9 Å².